The minimum atomic E-state index is -0.109. The number of amides is 2. The Morgan fingerprint density at radius 3 is 2.58 bits per heavy atom. The molecule has 3 rings (SSSR count). The molecule has 172 valence electrons. The van der Waals surface area contributed by atoms with Crippen LogP contribution in [0, 0.1) is 5.41 Å². The molecule has 1 aromatic rings. The van der Waals surface area contributed by atoms with Crippen molar-refractivity contribution in [2.45, 2.75) is 70.9 Å². The van der Waals surface area contributed by atoms with Crippen molar-refractivity contribution in [2.75, 3.05) is 32.9 Å². The summed E-state index contributed by atoms with van der Waals surface area (Å²) in [6.45, 7) is 13.2. The predicted molar refractivity (Wildman–Crippen MR) is 125 cm³/mol. The number of urea groups is 1. The van der Waals surface area contributed by atoms with Crippen molar-refractivity contribution in [2.24, 2.45) is 5.41 Å². The summed E-state index contributed by atoms with van der Waals surface area (Å²) < 4.78 is 12.4. The molecule has 0 aromatic heterocycles. The van der Waals surface area contributed by atoms with Gasteiger partial charge in [0.05, 0.1) is 32.0 Å². The molecule has 2 aliphatic rings. The first-order valence-electron chi connectivity index (χ1n) is 11.9. The number of hydrogen-bond acceptors (Lipinski definition) is 3. The lowest BCUT2D eigenvalue weighted by molar-refractivity contribution is -0.0341. The fourth-order valence-electron chi connectivity index (χ4n) is 5.00. The monoisotopic (exact) mass is 428 g/mol. The molecular formula is C26H40N2O3. The maximum atomic E-state index is 12.7. The molecular weight excluding hydrogens is 388 g/mol. The summed E-state index contributed by atoms with van der Waals surface area (Å²) in [6.07, 6.45) is 5.69. The number of rotatable bonds is 9. The van der Waals surface area contributed by atoms with Crippen LogP contribution < -0.4 is 5.32 Å². The van der Waals surface area contributed by atoms with Gasteiger partial charge in [0.25, 0.3) is 0 Å². The van der Waals surface area contributed by atoms with Crippen molar-refractivity contribution in [3.05, 3.63) is 48.0 Å². The standard InChI is InChI=1S/C26H40N2O3/c1-5-27-25(29)28-16-15-26(4,19-30-17-20(2)3)24(28)18-31-23-13-11-22(12-14-23)21-9-7-6-8-10-21/h6-10,22-24H,2,5,11-19H2,1,3-4H3,(H,27,29). The zero-order valence-corrected chi connectivity index (χ0v) is 19.6. The van der Waals surface area contributed by atoms with Gasteiger partial charge in [0.2, 0.25) is 0 Å². The number of nitrogens with zero attached hydrogens (tertiary/aromatic N) is 1. The summed E-state index contributed by atoms with van der Waals surface area (Å²) in [5.41, 5.74) is 2.36. The Labute approximate surface area is 188 Å². The third-order valence-corrected chi connectivity index (χ3v) is 6.91. The number of likely N-dealkylation sites (tertiary alicyclic amines) is 1. The summed E-state index contributed by atoms with van der Waals surface area (Å²) in [5.74, 6) is 0.639. The van der Waals surface area contributed by atoms with Crippen LogP contribution in [0.4, 0.5) is 4.79 Å². The highest BCUT2D eigenvalue weighted by molar-refractivity contribution is 5.75. The maximum Gasteiger partial charge on any atom is 0.317 e. The zero-order chi connectivity index (χ0) is 22.3. The highest BCUT2D eigenvalue weighted by Crippen LogP contribution is 2.39. The molecule has 1 saturated heterocycles. The minimum Gasteiger partial charge on any atom is -0.376 e. The lowest BCUT2D eigenvalue weighted by atomic mass is 9.82. The molecule has 1 saturated carbocycles. The highest BCUT2D eigenvalue weighted by atomic mass is 16.5. The lowest BCUT2D eigenvalue weighted by Crippen LogP contribution is -2.50. The van der Waals surface area contributed by atoms with Gasteiger partial charge in [0, 0.05) is 18.5 Å². The van der Waals surface area contributed by atoms with Crippen molar-refractivity contribution in [1.29, 1.82) is 0 Å². The van der Waals surface area contributed by atoms with E-state index in [0.29, 0.717) is 32.3 Å². The zero-order valence-electron chi connectivity index (χ0n) is 19.6. The Morgan fingerprint density at radius 2 is 1.94 bits per heavy atom. The number of carbonyl (C=O) groups is 1. The van der Waals surface area contributed by atoms with Crippen molar-refractivity contribution in [3.63, 3.8) is 0 Å². The van der Waals surface area contributed by atoms with E-state index in [0.717, 1.165) is 31.4 Å². The van der Waals surface area contributed by atoms with Crippen LogP contribution in [0.5, 0.6) is 0 Å². The molecule has 1 aromatic carbocycles. The summed E-state index contributed by atoms with van der Waals surface area (Å²) in [6, 6.07) is 10.9. The molecule has 2 amide bonds. The first-order chi connectivity index (χ1) is 14.9. The molecule has 1 N–H and O–H groups in total. The Bertz CT molecular complexity index is 715. The number of carbonyl (C=O) groups excluding carboxylic acids is 1. The second kappa shape index (κ2) is 11.1. The van der Waals surface area contributed by atoms with E-state index in [1.54, 1.807) is 0 Å². The molecule has 31 heavy (non-hydrogen) atoms. The Balaban J connectivity index is 1.57. The van der Waals surface area contributed by atoms with Gasteiger partial charge in [-0.1, -0.05) is 49.4 Å². The van der Waals surface area contributed by atoms with E-state index in [4.69, 9.17) is 9.47 Å². The molecule has 0 bridgehead atoms. The first kappa shape index (κ1) is 23.8. The molecule has 0 radical (unpaired) electrons. The maximum absolute atomic E-state index is 12.7. The van der Waals surface area contributed by atoms with Gasteiger partial charge in [-0.15, -0.1) is 0 Å². The van der Waals surface area contributed by atoms with Crippen LogP contribution in [0.25, 0.3) is 0 Å². The lowest BCUT2D eigenvalue weighted by Gasteiger charge is -2.37. The largest absolute Gasteiger partial charge is 0.376 e. The first-order valence-corrected chi connectivity index (χ1v) is 11.9. The number of ether oxygens (including phenoxy) is 2. The van der Waals surface area contributed by atoms with Crippen LogP contribution in [0.3, 0.4) is 0 Å². The van der Waals surface area contributed by atoms with E-state index < -0.39 is 0 Å². The van der Waals surface area contributed by atoms with E-state index in [2.05, 4.69) is 49.2 Å². The van der Waals surface area contributed by atoms with Crippen molar-refractivity contribution >= 4 is 6.03 Å². The van der Waals surface area contributed by atoms with E-state index in [1.165, 1.54) is 18.4 Å². The Hall–Kier alpha value is -1.85. The fraction of sp³-hybridized carbons (Fsp3) is 0.654. The molecule has 1 aliphatic heterocycles. The molecule has 2 unspecified atom stereocenters. The summed E-state index contributed by atoms with van der Waals surface area (Å²) in [5, 5.41) is 2.97. The van der Waals surface area contributed by atoms with Gasteiger partial charge in [0.15, 0.2) is 0 Å². The summed E-state index contributed by atoms with van der Waals surface area (Å²) in [7, 11) is 0. The van der Waals surface area contributed by atoms with Gasteiger partial charge in [0.1, 0.15) is 0 Å². The number of nitrogens with one attached hydrogen (secondary N) is 1. The minimum absolute atomic E-state index is 0.00696. The Morgan fingerprint density at radius 1 is 1.23 bits per heavy atom. The molecule has 1 heterocycles. The van der Waals surface area contributed by atoms with Crippen LogP contribution >= 0.6 is 0 Å². The molecule has 5 nitrogen and oxygen atoms in total. The smallest absolute Gasteiger partial charge is 0.317 e. The average molecular weight is 429 g/mol. The SMILES string of the molecule is C=C(C)COCC1(C)CCN(C(=O)NCC)C1COC1CCC(c2ccccc2)CC1. The predicted octanol–water partition coefficient (Wildman–Crippen LogP) is 5.13. The molecule has 2 fully saturated rings. The quantitative estimate of drug-likeness (QED) is 0.555. The van der Waals surface area contributed by atoms with E-state index in [1.807, 2.05) is 18.7 Å². The Kier molecular flexibility index (Phi) is 8.56. The average Bonchev–Trinajstić information content (AvgIpc) is 3.09. The van der Waals surface area contributed by atoms with E-state index in [-0.39, 0.29) is 23.6 Å². The van der Waals surface area contributed by atoms with Gasteiger partial charge >= 0.3 is 6.03 Å². The van der Waals surface area contributed by atoms with Gasteiger partial charge < -0.3 is 19.7 Å². The highest BCUT2D eigenvalue weighted by Gasteiger charge is 2.46. The van der Waals surface area contributed by atoms with Gasteiger partial charge in [-0.3, -0.25) is 0 Å². The third-order valence-electron chi connectivity index (χ3n) is 6.91. The summed E-state index contributed by atoms with van der Waals surface area (Å²) in [4.78, 5) is 14.6. The molecule has 2 atom stereocenters. The van der Waals surface area contributed by atoms with Crippen LogP contribution in [-0.2, 0) is 9.47 Å². The number of benzene rings is 1. The van der Waals surface area contributed by atoms with Crippen LogP contribution in [0.2, 0.25) is 0 Å². The topological polar surface area (TPSA) is 50.8 Å². The second-order valence-electron chi connectivity index (χ2n) is 9.62. The van der Waals surface area contributed by atoms with E-state index in [9.17, 15) is 4.79 Å². The van der Waals surface area contributed by atoms with Gasteiger partial charge in [-0.2, -0.15) is 0 Å². The van der Waals surface area contributed by atoms with Crippen molar-refractivity contribution < 1.29 is 14.3 Å². The van der Waals surface area contributed by atoms with Crippen LogP contribution in [-0.4, -0.2) is 56.0 Å². The van der Waals surface area contributed by atoms with Crippen molar-refractivity contribution in [3.8, 4) is 0 Å². The molecule has 1 aliphatic carbocycles. The van der Waals surface area contributed by atoms with Crippen LogP contribution in [0.1, 0.15) is 64.4 Å². The van der Waals surface area contributed by atoms with Gasteiger partial charge in [-0.25, -0.2) is 4.79 Å². The molecule has 5 heteroatoms. The fourth-order valence-corrected chi connectivity index (χ4v) is 5.00. The third kappa shape index (κ3) is 6.33. The van der Waals surface area contributed by atoms with Gasteiger partial charge in [-0.05, 0) is 57.4 Å². The normalized spacial score (nSPS) is 28.5. The van der Waals surface area contributed by atoms with E-state index >= 15 is 0 Å². The van der Waals surface area contributed by atoms with Crippen molar-refractivity contribution in [1.82, 2.24) is 10.2 Å². The molecule has 0 spiro atoms. The second-order valence-corrected chi connectivity index (χ2v) is 9.62. The van der Waals surface area contributed by atoms with Crippen LogP contribution in [0.15, 0.2) is 42.5 Å². The summed E-state index contributed by atoms with van der Waals surface area (Å²) >= 11 is 0. The number of hydrogen-bond donors (Lipinski definition) is 1.